The number of hydrogen-bond donors (Lipinski definition) is 1. The molecule has 0 saturated heterocycles. The molecular formula is C41H25N3S. The number of fused-ring (bicyclic) bond motifs is 8. The quantitative estimate of drug-likeness (QED) is 0.218. The van der Waals surface area contributed by atoms with Crippen molar-refractivity contribution in [1.82, 2.24) is 5.32 Å². The number of nitrogens with zero attached hydrogens (tertiary/aromatic N) is 2. The molecule has 0 amide bonds. The zero-order chi connectivity index (χ0) is 29.5. The SMILES string of the molecule is c1ccc(C2=NC(c3ccc4ccccc4c3)N=C(c3cccc4c3sc3cc5c6c(cccc6c34)-c3ccccc3-5)N2)cc1. The molecule has 2 aliphatic rings. The Morgan fingerprint density at radius 3 is 2.04 bits per heavy atom. The van der Waals surface area contributed by atoms with Crippen molar-refractivity contribution in [3.8, 4) is 22.3 Å². The van der Waals surface area contributed by atoms with Crippen LogP contribution in [0.15, 0.2) is 150 Å². The van der Waals surface area contributed by atoms with Gasteiger partial charge < -0.3 is 5.32 Å². The number of amidine groups is 2. The predicted molar refractivity (Wildman–Crippen MR) is 191 cm³/mol. The van der Waals surface area contributed by atoms with Gasteiger partial charge in [-0.05, 0) is 67.6 Å². The summed E-state index contributed by atoms with van der Waals surface area (Å²) in [6.45, 7) is 0. The van der Waals surface area contributed by atoms with Crippen LogP contribution < -0.4 is 5.32 Å². The minimum absolute atomic E-state index is 0.359. The summed E-state index contributed by atoms with van der Waals surface area (Å²) in [5.41, 5.74) is 8.54. The lowest BCUT2D eigenvalue weighted by Crippen LogP contribution is -2.36. The third kappa shape index (κ3) is 3.70. The Morgan fingerprint density at radius 1 is 0.489 bits per heavy atom. The van der Waals surface area contributed by atoms with Crippen molar-refractivity contribution in [3.63, 3.8) is 0 Å². The van der Waals surface area contributed by atoms with Crippen LogP contribution in [0.25, 0.3) is 64.0 Å². The van der Waals surface area contributed by atoms with Crippen molar-refractivity contribution in [1.29, 1.82) is 0 Å². The van der Waals surface area contributed by atoms with Crippen molar-refractivity contribution >= 4 is 64.7 Å². The van der Waals surface area contributed by atoms with Crippen LogP contribution in [0.4, 0.5) is 0 Å². The van der Waals surface area contributed by atoms with Gasteiger partial charge in [-0.25, -0.2) is 9.98 Å². The number of thiophene rings is 1. The van der Waals surface area contributed by atoms with Crippen LogP contribution in [0, 0.1) is 0 Å². The van der Waals surface area contributed by atoms with Gasteiger partial charge in [-0.15, -0.1) is 11.3 Å². The second-order valence-electron chi connectivity index (χ2n) is 11.8. The molecule has 1 unspecified atom stereocenters. The van der Waals surface area contributed by atoms with Crippen LogP contribution in [0.1, 0.15) is 22.9 Å². The van der Waals surface area contributed by atoms with E-state index >= 15 is 0 Å². The summed E-state index contributed by atoms with van der Waals surface area (Å²) in [6, 6.07) is 50.0. The molecule has 1 aliphatic heterocycles. The molecule has 45 heavy (non-hydrogen) atoms. The minimum atomic E-state index is -0.359. The topological polar surface area (TPSA) is 36.8 Å². The lowest BCUT2D eigenvalue weighted by Gasteiger charge is -2.23. The molecule has 8 aromatic rings. The fourth-order valence-corrected chi connectivity index (χ4v) is 8.47. The van der Waals surface area contributed by atoms with Crippen molar-refractivity contribution in [2.24, 2.45) is 9.98 Å². The number of aliphatic imine (C=N–C) groups is 2. The first-order valence-corrected chi connectivity index (χ1v) is 16.1. The van der Waals surface area contributed by atoms with Crippen LogP contribution in [0.5, 0.6) is 0 Å². The van der Waals surface area contributed by atoms with Gasteiger partial charge in [0.05, 0.1) is 0 Å². The Balaban J connectivity index is 1.19. The maximum absolute atomic E-state index is 5.28. The monoisotopic (exact) mass is 591 g/mol. The molecular weight excluding hydrogens is 567 g/mol. The van der Waals surface area contributed by atoms with E-state index < -0.39 is 0 Å². The Morgan fingerprint density at radius 2 is 1.18 bits per heavy atom. The third-order valence-electron chi connectivity index (χ3n) is 9.24. The molecule has 0 fully saturated rings. The lowest BCUT2D eigenvalue weighted by molar-refractivity contribution is 0.757. The van der Waals surface area contributed by atoms with E-state index in [1.807, 2.05) is 17.4 Å². The zero-order valence-corrected chi connectivity index (χ0v) is 25.0. The summed E-state index contributed by atoms with van der Waals surface area (Å²) >= 11 is 1.86. The Labute approximate surface area is 263 Å². The molecule has 1 aromatic heterocycles. The van der Waals surface area contributed by atoms with Gasteiger partial charge >= 0.3 is 0 Å². The second-order valence-corrected chi connectivity index (χ2v) is 12.8. The molecule has 3 nitrogen and oxygen atoms in total. The summed E-state index contributed by atoms with van der Waals surface area (Å²) in [7, 11) is 0. The van der Waals surface area contributed by atoms with Crippen LogP contribution in [-0.4, -0.2) is 11.7 Å². The van der Waals surface area contributed by atoms with Gasteiger partial charge in [0.1, 0.15) is 11.7 Å². The van der Waals surface area contributed by atoms with Crippen molar-refractivity contribution < 1.29 is 0 Å². The van der Waals surface area contributed by atoms with Crippen molar-refractivity contribution in [2.45, 2.75) is 6.17 Å². The summed E-state index contributed by atoms with van der Waals surface area (Å²) < 4.78 is 2.54. The van der Waals surface area contributed by atoms with E-state index in [9.17, 15) is 0 Å². The van der Waals surface area contributed by atoms with E-state index in [2.05, 4.69) is 139 Å². The first-order valence-electron chi connectivity index (χ1n) is 15.3. The number of nitrogens with one attached hydrogen (secondary N) is 1. The van der Waals surface area contributed by atoms with Crippen LogP contribution in [0.2, 0.25) is 0 Å². The maximum Gasteiger partial charge on any atom is 0.169 e. The average Bonchev–Trinajstić information content (AvgIpc) is 3.65. The number of rotatable bonds is 3. The van der Waals surface area contributed by atoms with Crippen LogP contribution in [0.3, 0.4) is 0 Å². The molecule has 210 valence electrons. The zero-order valence-electron chi connectivity index (χ0n) is 24.2. The van der Waals surface area contributed by atoms with E-state index in [-0.39, 0.29) is 6.17 Å². The first kappa shape index (κ1) is 24.8. The van der Waals surface area contributed by atoms with E-state index in [0.717, 1.165) is 28.4 Å². The Kier molecular flexibility index (Phi) is 5.22. The Bertz CT molecular complexity index is 2570. The number of benzene rings is 7. The fourth-order valence-electron chi connectivity index (χ4n) is 7.19. The maximum atomic E-state index is 5.28. The van der Waals surface area contributed by atoms with Gasteiger partial charge in [0, 0.05) is 31.3 Å². The van der Waals surface area contributed by atoms with E-state index in [1.54, 1.807) is 0 Å². The molecule has 0 spiro atoms. The Hall–Kier alpha value is -5.58. The van der Waals surface area contributed by atoms with Gasteiger partial charge in [-0.3, -0.25) is 0 Å². The normalized spacial score (nSPS) is 15.3. The van der Waals surface area contributed by atoms with E-state index in [0.29, 0.717) is 0 Å². The van der Waals surface area contributed by atoms with Gasteiger partial charge in [-0.2, -0.15) is 0 Å². The summed E-state index contributed by atoms with van der Waals surface area (Å²) in [6.07, 6.45) is -0.359. The van der Waals surface area contributed by atoms with Crippen molar-refractivity contribution in [2.75, 3.05) is 0 Å². The summed E-state index contributed by atoms with van der Waals surface area (Å²) in [5, 5.41) is 11.3. The first-order chi connectivity index (χ1) is 22.3. The molecule has 1 aliphatic carbocycles. The largest absolute Gasteiger partial charge is 0.324 e. The second kappa shape index (κ2) is 9.46. The van der Waals surface area contributed by atoms with E-state index in [1.165, 1.54) is 64.0 Å². The smallest absolute Gasteiger partial charge is 0.169 e. The molecule has 0 saturated carbocycles. The fraction of sp³-hybridized carbons (Fsp3) is 0.0244. The summed E-state index contributed by atoms with van der Waals surface area (Å²) in [4.78, 5) is 10.4. The highest BCUT2D eigenvalue weighted by Gasteiger charge is 2.26. The third-order valence-corrected chi connectivity index (χ3v) is 10.4. The molecule has 1 N–H and O–H groups in total. The highest BCUT2D eigenvalue weighted by Crippen LogP contribution is 2.52. The molecule has 0 bridgehead atoms. The molecule has 10 rings (SSSR count). The standard InChI is InChI=1S/C41H25N3S/c1-2-11-25(12-3-1)39-42-40(27-21-20-24-10-4-5-13-26(24)22-27)44-41(43-39)33-19-9-18-32-37-31-17-8-16-30-28-14-6-7-15-29(28)34(36(30)31)23-35(37)45-38(32)33/h1-23,40H,(H,42,43,44). The molecule has 1 atom stereocenters. The molecule has 4 heteroatoms. The lowest BCUT2D eigenvalue weighted by atomic mass is 9.97. The van der Waals surface area contributed by atoms with Gasteiger partial charge in [0.15, 0.2) is 6.17 Å². The van der Waals surface area contributed by atoms with Crippen LogP contribution >= 0.6 is 11.3 Å². The van der Waals surface area contributed by atoms with Crippen LogP contribution in [-0.2, 0) is 0 Å². The molecule has 2 heterocycles. The highest BCUT2D eigenvalue weighted by atomic mass is 32.1. The van der Waals surface area contributed by atoms with Gasteiger partial charge in [0.2, 0.25) is 0 Å². The number of hydrogen-bond acceptors (Lipinski definition) is 4. The van der Waals surface area contributed by atoms with Crippen molar-refractivity contribution in [3.05, 3.63) is 156 Å². The van der Waals surface area contributed by atoms with E-state index in [4.69, 9.17) is 9.98 Å². The predicted octanol–water partition coefficient (Wildman–Crippen LogP) is 10.5. The molecule has 0 radical (unpaired) electrons. The van der Waals surface area contributed by atoms with Gasteiger partial charge in [0.25, 0.3) is 0 Å². The average molecular weight is 592 g/mol. The molecule has 7 aromatic carbocycles. The minimum Gasteiger partial charge on any atom is -0.324 e. The van der Waals surface area contributed by atoms with Gasteiger partial charge in [-0.1, -0.05) is 121 Å². The highest BCUT2D eigenvalue weighted by molar-refractivity contribution is 7.26. The summed E-state index contributed by atoms with van der Waals surface area (Å²) in [5.74, 6) is 1.68.